The molecule has 2 aromatic carbocycles. The van der Waals surface area contributed by atoms with Gasteiger partial charge in [0.15, 0.2) is 11.3 Å². The highest BCUT2D eigenvalue weighted by Gasteiger charge is 2.24. The highest BCUT2D eigenvalue weighted by molar-refractivity contribution is 6.30. The summed E-state index contributed by atoms with van der Waals surface area (Å²) in [6.45, 7) is 3.66. The van der Waals surface area contributed by atoms with Crippen molar-refractivity contribution in [3.05, 3.63) is 94.2 Å². The van der Waals surface area contributed by atoms with Crippen molar-refractivity contribution in [3.63, 3.8) is 0 Å². The van der Waals surface area contributed by atoms with E-state index in [2.05, 4.69) is 22.0 Å². The molecular formula is C30H28ClFN4O4. The van der Waals surface area contributed by atoms with E-state index >= 15 is 0 Å². The smallest absolute Gasteiger partial charge is 0.354 e. The fourth-order valence-electron chi connectivity index (χ4n) is 5.01. The van der Waals surface area contributed by atoms with Crippen LogP contribution in [0.3, 0.4) is 0 Å². The van der Waals surface area contributed by atoms with Crippen molar-refractivity contribution in [2.45, 2.75) is 38.6 Å². The van der Waals surface area contributed by atoms with Gasteiger partial charge >= 0.3 is 5.97 Å². The Bertz CT molecular complexity index is 1600. The molecule has 0 amide bonds. The second kappa shape index (κ2) is 11.4. The summed E-state index contributed by atoms with van der Waals surface area (Å²) in [6.07, 6.45) is 4.11. The predicted molar refractivity (Wildman–Crippen MR) is 149 cm³/mol. The fourth-order valence-corrected chi connectivity index (χ4v) is 5.17. The zero-order valence-electron chi connectivity index (χ0n) is 21.7. The molecular weight excluding hydrogens is 535 g/mol. The summed E-state index contributed by atoms with van der Waals surface area (Å²) in [5.74, 6) is 0.0829. The number of carboxylic acid groups (broad SMARTS) is 1. The van der Waals surface area contributed by atoms with Gasteiger partial charge < -0.3 is 19.1 Å². The standard InChI is InChI=1S/C30H28ClFN4O4/c31-22-5-4-21(25(32)15-22)18-40-23-3-1-2-20(14-23)19-8-11-35(12-9-19)17-28-33-26-6-7-27(30(37)38)34-29(26)36(28)16-24-10-13-39-24/h1-8,14-15,24H,9-13,16-18H2,(H,37,38). The van der Waals surface area contributed by atoms with Crippen molar-refractivity contribution in [1.29, 1.82) is 0 Å². The average Bonchev–Trinajstić information content (AvgIpc) is 3.26. The highest BCUT2D eigenvalue weighted by atomic mass is 35.5. The van der Waals surface area contributed by atoms with Gasteiger partial charge in [-0.25, -0.2) is 19.2 Å². The zero-order valence-corrected chi connectivity index (χ0v) is 22.5. The van der Waals surface area contributed by atoms with E-state index in [9.17, 15) is 14.3 Å². The van der Waals surface area contributed by atoms with Crippen LogP contribution >= 0.6 is 11.6 Å². The molecule has 206 valence electrons. The SMILES string of the molecule is O=C(O)c1ccc2nc(CN3CC=C(c4cccc(OCc5ccc(Cl)cc5F)c4)CC3)n(CC3CCO3)c2n1. The van der Waals surface area contributed by atoms with Gasteiger partial charge in [0.25, 0.3) is 0 Å². The lowest BCUT2D eigenvalue weighted by atomic mass is 9.99. The van der Waals surface area contributed by atoms with E-state index in [1.165, 1.54) is 17.7 Å². The van der Waals surface area contributed by atoms with Crippen molar-refractivity contribution in [2.24, 2.45) is 0 Å². The number of aromatic nitrogens is 3. The van der Waals surface area contributed by atoms with Crippen LogP contribution in [0.2, 0.25) is 5.02 Å². The van der Waals surface area contributed by atoms with E-state index in [4.69, 9.17) is 26.1 Å². The van der Waals surface area contributed by atoms with E-state index in [-0.39, 0.29) is 24.2 Å². The van der Waals surface area contributed by atoms with E-state index in [0.717, 1.165) is 43.9 Å². The number of ether oxygens (including phenoxy) is 2. The summed E-state index contributed by atoms with van der Waals surface area (Å²) < 4.78 is 27.6. The largest absolute Gasteiger partial charge is 0.489 e. The number of carbonyl (C=O) groups is 1. The minimum atomic E-state index is -1.06. The Hall–Kier alpha value is -3.79. The van der Waals surface area contributed by atoms with Crippen LogP contribution in [-0.2, 0) is 24.4 Å². The number of benzene rings is 2. The Morgan fingerprint density at radius 2 is 2.05 bits per heavy atom. The fraction of sp³-hybridized carbons (Fsp3) is 0.300. The van der Waals surface area contributed by atoms with Crippen molar-refractivity contribution < 1.29 is 23.8 Å². The molecule has 1 N–H and O–H groups in total. The Balaban J connectivity index is 1.15. The van der Waals surface area contributed by atoms with Gasteiger partial charge in [0, 0.05) is 30.3 Å². The van der Waals surface area contributed by atoms with E-state index in [1.54, 1.807) is 18.2 Å². The van der Waals surface area contributed by atoms with Crippen LogP contribution in [0.5, 0.6) is 5.75 Å². The summed E-state index contributed by atoms with van der Waals surface area (Å²) in [5, 5.41) is 9.78. The van der Waals surface area contributed by atoms with Crippen LogP contribution < -0.4 is 4.74 Å². The van der Waals surface area contributed by atoms with Crippen LogP contribution in [0.4, 0.5) is 4.39 Å². The number of fused-ring (bicyclic) bond motifs is 1. The molecule has 0 radical (unpaired) electrons. The zero-order chi connectivity index (χ0) is 27.6. The minimum Gasteiger partial charge on any atom is -0.489 e. The van der Waals surface area contributed by atoms with Gasteiger partial charge in [-0.1, -0.05) is 35.9 Å². The number of carboxylic acids is 1. The van der Waals surface area contributed by atoms with Crippen LogP contribution in [0.25, 0.3) is 16.7 Å². The monoisotopic (exact) mass is 562 g/mol. The predicted octanol–water partition coefficient (Wildman–Crippen LogP) is 5.58. The number of halogens is 2. The number of rotatable bonds is 9. The maximum Gasteiger partial charge on any atom is 0.354 e. The Kier molecular flexibility index (Phi) is 7.51. The summed E-state index contributed by atoms with van der Waals surface area (Å²) in [4.78, 5) is 23.0. The molecule has 6 rings (SSSR count). The molecule has 4 heterocycles. The first-order valence-electron chi connectivity index (χ1n) is 13.2. The Labute approximate surface area is 235 Å². The molecule has 2 aromatic heterocycles. The van der Waals surface area contributed by atoms with Gasteiger partial charge in [-0.3, -0.25) is 4.90 Å². The van der Waals surface area contributed by atoms with E-state index < -0.39 is 5.97 Å². The van der Waals surface area contributed by atoms with Crippen LogP contribution in [0.15, 0.2) is 60.7 Å². The lowest BCUT2D eigenvalue weighted by Gasteiger charge is -2.29. The lowest BCUT2D eigenvalue weighted by molar-refractivity contribution is -0.0592. The second-order valence-electron chi connectivity index (χ2n) is 10.0. The summed E-state index contributed by atoms with van der Waals surface area (Å²) in [6, 6.07) is 15.6. The molecule has 2 aliphatic heterocycles. The molecule has 0 aliphatic carbocycles. The molecule has 40 heavy (non-hydrogen) atoms. The maximum absolute atomic E-state index is 14.1. The number of nitrogens with zero attached hydrogens (tertiary/aromatic N) is 4. The molecule has 2 aliphatic rings. The van der Waals surface area contributed by atoms with Gasteiger partial charge in [-0.2, -0.15) is 0 Å². The van der Waals surface area contributed by atoms with Crippen molar-refractivity contribution in [1.82, 2.24) is 19.4 Å². The third kappa shape index (κ3) is 5.72. The molecule has 10 heteroatoms. The molecule has 1 fully saturated rings. The maximum atomic E-state index is 14.1. The van der Waals surface area contributed by atoms with E-state index in [0.29, 0.717) is 40.6 Å². The molecule has 0 bridgehead atoms. The van der Waals surface area contributed by atoms with Gasteiger partial charge in [-0.05, 0) is 60.4 Å². The average molecular weight is 563 g/mol. The van der Waals surface area contributed by atoms with Crippen LogP contribution in [0.1, 0.15) is 40.3 Å². The van der Waals surface area contributed by atoms with E-state index in [1.807, 2.05) is 22.8 Å². The van der Waals surface area contributed by atoms with Gasteiger partial charge in [-0.15, -0.1) is 0 Å². The topological polar surface area (TPSA) is 89.7 Å². The molecule has 1 unspecified atom stereocenters. The summed E-state index contributed by atoms with van der Waals surface area (Å²) >= 11 is 5.84. The number of hydrogen-bond donors (Lipinski definition) is 1. The van der Waals surface area contributed by atoms with Gasteiger partial charge in [0.1, 0.15) is 29.5 Å². The summed E-state index contributed by atoms with van der Waals surface area (Å²) in [5.41, 5.74) is 4.02. The van der Waals surface area contributed by atoms with Crippen LogP contribution in [-0.4, -0.2) is 56.3 Å². The lowest BCUT2D eigenvalue weighted by Crippen LogP contribution is -2.33. The summed E-state index contributed by atoms with van der Waals surface area (Å²) in [7, 11) is 0. The number of imidazole rings is 1. The van der Waals surface area contributed by atoms with Gasteiger partial charge in [0.05, 0.1) is 19.2 Å². The first-order chi connectivity index (χ1) is 19.4. The van der Waals surface area contributed by atoms with Gasteiger partial charge in [0.2, 0.25) is 0 Å². The molecule has 1 saturated heterocycles. The highest BCUT2D eigenvalue weighted by Crippen LogP contribution is 2.28. The molecule has 0 saturated carbocycles. The second-order valence-corrected chi connectivity index (χ2v) is 10.5. The first kappa shape index (κ1) is 26.4. The van der Waals surface area contributed by atoms with Crippen LogP contribution in [0, 0.1) is 5.82 Å². The minimum absolute atomic E-state index is 0.00443. The molecule has 8 nitrogen and oxygen atoms in total. The normalized spacial score (nSPS) is 17.4. The Morgan fingerprint density at radius 1 is 1.18 bits per heavy atom. The first-order valence-corrected chi connectivity index (χ1v) is 13.6. The quantitative estimate of drug-likeness (QED) is 0.285. The molecule has 0 spiro atoms. The Morgan fingerprint density at radius 3 is 2.77 bits per heavy atom. The third-order valence-electron chi connectivity index (χ3n) is 7.34. The van der Waals surface area contributed by atoms with Crippen molar-refractivity contribution >= 4 is 34.3 Å². The number of pyridine rings is 1. The van der Waals surface area contributed by atoms with Crippen molar-refractivity contribution in [2.75, 3.05) is 19.7 Å². The molecule has 1 atom stereocenters. The van der Waals surface area contributed by atoms with Crippen molar-refractivity contribution in [3.8, 4) is 5.75 Å². The molecule has 4 aromatic rings. The third-order valence-corrected chi connectivity index (χ3v) is 7.58. The number of aromatic carboxylic acids is 1. The number of hydrogen-bond acceptors (Lipinski definition) is 6.